The molecule has 11 heteroatoms. The first-order valence-electron chi connectivity index (χ1n) is 10.3. The second kappa shape index (κ2) is 12.8. The Morgan fingerprint density at radius 3 is 2.47 bits per heavy atom. The number of halogens is 1. The number of guanidine groups is 1. The molecular formula is C19H37IN6O3S. The van der Waals surface area contributed by atoms with Gasteiger partial charge in [-0.2, -0.15) is 4.31 Å². The fourth-order valence-electron chi connectivity index (χ4n) is 3.25. The molecule has 1 saturated heterocycles. The molecule has 1 N–H and O–H groups in total. The minimum atomic E-state index is -3.29. The Hall–Kier alpha value is -0.920. The molecule has 30 heavy (non-hydrogen) atoms. The lowest BCUT2D eigenvalue weighted by molar-refractivity contribution is 0.0904. The molecule has 1 aliphatic heterocycles. The highest BCUT2D eigenvalue weighted by atomic mass is 127. The molecule has 0 amide bonds. The molecule has 0 atom stereocenters. The van der Waals surface area contributed by atoms with Crippen molar-refractivity contribution in [3.05, 3.63) is 18.2 Å². The maximum absolute atomic E-state index is 12.5. The number of aliphatic imine (C=N–C) groups is 1. The molecule has 2 heterocycles. The molecule has 1 aromatic rings. The van der Waals surface area contributed by atoms with Gasteiger partial charge in [-0.25, -0.2) is 13.4 Å². The Bertz CT molecular complexity index is 758. The molecule has 0 spiro atoms. The van der Waals surface area contributed by atoms with Crippen LogP contribution >= 0.6 is 24.0 Å². The summed E-state index contributed by atoms with van der Waals surface area (Å²) >= 11 is 0. The SMILES string of the molecule is CN=C(NCc1nccn1CC(C)C)N1CCN(S(=O)(=O)CCOC(C)C)CC1.I. The number of rotatable bonds is 9. The van der Waals surface area contributed by atoms with Crippen LogP contribution in [0.5, 0.6) is 0 Å². The number of hydrogen-bond donors (Lipinski definition) is 1. The number of nitrogens with zero attached hydrogens (tertiary/aromatic N) is 5. The predicted octanol–water partition coefficient (Wildman–Crippen LogP) is 1.60. The zero-order valence-corrected chi connectivity index (χ0v) is 21.9. The van der Waals surface area contributed by atoms with E-state index < -0.39 is 10.0 Å². The van der Waals surface area contributed by atoms with E-state index in [4.69, 9.17) is 4.74 Å². The summed E-state index contributed by atoms with van der Waals surface area (Å²) in [7, 11) is -1.55. The van der Waals surface area contributed by atoms with E-state index in [1.807, 2.05) is 26.2 Å². The van der Waals surface area contributed by atoms with Crippen molar-refractivity contribution in [2.24, 2.45) is 10.9 Å². The van der Waals surface area contributed by atoms with Crippen LogP contribution in [0.4, 0.5) is 0 Å². The second-order valence-electron chi connectivity index (χ2n) is 7.91. The summed E-state index contributed by atoms with van der Waals surface area (Å²) in [5, 5.41) is 3.36. The van der Waals surface area contributed by atoms with E-state index in [0.717, 1.165) is 18.3 Å². The largest absolute Gasteiger partial charge is 0.378 e. The monoisotopic (exact) mass is 556 g/mol. The Labute approximate surface area is 198 Å². The first-order chi connectivity index (χ1) is 13.7. The fraction of sp³-hybridized carbons (Fsp3) is 0.789. The van der Waals surface area contributed by atoms with E-state index in [2.05, 4.69) is 38.6 Å². The molecule has 174 valence electrons. The van der Waals surface area contributed by atoms with Crippen molar-refractivity contribution in [3.8, 4) is 0 Å². The third kappa shape index (κ3) is 8.31. The zero-order chi connectivity index (χ0) is 21.4. The van der Waals surface area contributed by atoms with Crippen molar-refractivity contribution >= 4 is 40.0 Å². The van der Waals surface area contributed by atoms with Crippen LogP contribution in [0.15, 0.2) is 17.4 Å². The van der Waals surface area contributed by atoms with Crippen molar-refractivity contribution in [2.75, 3.05) is 45.6 Å². The van der Waals surface area contributed by atoms with E-state index >= 15 is 0 Å². The van der Waals surface area contributed by atoms with Crippen LogP contribution in [0.3, 0.4) is 0 Å². The van der Waals surface area contributed by atoms with Crippen LogP contribution in [-0.2, 0) is 27.8 Å². The van der Waals surface area contributed by atoms with Crippen molar-refractivity contribution in [3.63, 3.8) is 0 Å². The quantitative estimate of drug-likeness (QED) is 0.283. The topological polar surface area (TPSA) is 92.1 Å². The standard InChI is InChI=1S/C19H36N6O3S.HI/c1-16(2)15-24-7-6-21-18(24)14-22-19(20-5)23-8-10-25(11-9-23)29(26,27)13-12-28-17(3)4;/h6-7,16-17H,8-15H2,1-5H3,(H,20,22);1H. The maximum Gasteiger partial charge on any atom is 0.216 e. The summed E-state index contributed by atoms with van der Waals surface area (Å²) < 4.78 is 34.1. The van der Waals surface area contributed by atoms with E-state index in [-0.39, 0.29) is 42.4 Å². The molecule has 1 fully saturated rings. The molecule has 9 nitrogen and oxygen atoms in total. The number of nitrogens with one attached hydrogen (secondary N) is 1. The van der Waals surface area contributed by atoms with Gasteiger partial charge in [0.2, 0.25) is 10.0 Å². The molecular weight excluding hydrogens is 519 g/mol. The average Bonchev–Trinajstić information content (AvgIpc) is 3.08. The van der Waals surface area contributed by atoms with E-state index in [9.17, 15) is 8.42 Å². The second-order valence-corrected chi connectivity index (χ2v) is 10.0. The van der Waals surface area contributed by atoms with Crippen molar-refractivity contribution in [1.82, 2.24) is 24.1 Å². The number of imidazole rings is 1. The molecule has 0 aliphatic carbocycles. The zero-order valence-electron chi connectivity index (χ0n) is 18.7. The van der Waals surface area contributed by atoms with Crippen molar-refractivity contribution in [1.29, 1.82) is 0 Å². The highest BCUT2D eigenvalue weighted by Crippen LogP contribution is 2.10. The Morgan fingerprint density at radius 2 is 1.90 bits per heavy atom. The van der Waals surface area contributed by atoms with Crippen LogP contribution < -0.4 is 5.32 Å². The number of sulfonamides is 1. The first-order valence-corrected chi connectivity index (χ1v) is 11.9. The summed E-state index contributed by atoms with van der Waals surface area (Å²) in [5.74, 6) is 2.30. The third-order valence-electron chi connectivity index (χ3n) is 4.70. The number of aromatic nitrogens is 2. The Balaban J connectivity index is 0.00000450. The van der Waals surface area contributed by atoms with E-state index in [0.29, 0.717) is 38.6 Å². The van der Waals surface area contributed by atoms with Gasteiger partial charge < -0.3 is 19.5 Å². The summed E-state index contributed by atoms with van der Waals surface area (Å²) in [5.41, 5.74) is 0. The summed E-state index contributed by atoms with van der Waals surface area (Å²) in [6, 6.07) is 0. The smallest absolute Gasteiger partial charge is 0.216 e. The van der Waals surface area contributed by atoms with Gasteiger partial charge in [-0.1, -0.05) is 13.8 Å². The molecule has 0 bridgehead atoms. The van der Waals surface area contributed by atoms with E-state index in [1.165, 1.54) is 0 Å². The van der Waals surface area contributed by atoms with Crippen LogP contribution in [0.2, 0.25) is 0 Å². The lowest BCUT2D eigenvalue weighted by Gasteiger charge is -2.35. The van der Waals surface area contributed by atoms with Gasteiger partial charge in [0.1, 0.15) is 5.82 Å². The van der Waals surface area contributed by atoms with Gasteiger partial charge in [-0.3, -0.25) is 4.99 Å². The minimum absolute atomic E-state index is 0. The maximum atomic E-state index is 12.5. The molecule has 0 saturated carbocycles. The molecule has 1 aromatic heterocycles. The summed E-state index contributed by atoms with van der Waals surface area (Å²) in [6.07, 6.45) is 3.84. The number of ether oxygens (including phenoxy) is 1. The normalized spacial score (nSPS) is 16.2. The Kier molecular flexibility index (Phi) is 11.6. The van der Waals surface area contributed by atoms with Crippen molar-refractivity contribution < 1.29 is 13.2 Å². The van der Waals surface area contributed by atoms with Crippen LogP contribution in [0.25, 0.3) is 0 Å². The van der Waals surface area contributed by atoms with Gasteiger partial charge in [-0.05, 0) is 19.8 Å². The summed E-state index contributed by atoms with van der Waals surface area (Å²) in [4.78, 5) is 10.9. The first kappa shape index (κ1) is 27.1. The Morgan fingerprint density at radius 1 is 1.23 bits per heavy atom. The number of hydrogen-bond acceptors (Lipinski definition) is 5. The molecule has 0 aromatic carbocycles. The van der Waals surface area contributed by atoms with Crippen LogP contribution in [-0.4, -0.2) is 84.8 Å². The highest BCUT2D eigenvalue weighted by Gasteiger charge is 2.28. The van der Waals surface area contributed by atoms with Gasteiger partial charge in [0.25, 0.3) is 0 Å². The van der Waals surface area contributed by atoms with Gasteiger partial charge in [-0.15, -0.1) is 24.0 Å². The lowest BCUT2D eigenvalue weighted by atomic mass is 10.2. The highest BCUT2D eigenvalue weighted by molar-refractivity contribution is 14.0. The summed E-state index contributed by atoms with van der Waals surface area (Å²) in [6.45, 7) is 12.0. The fourth-order valence-corrected chi connectivity index (χ4v) is 4.54. The van der Waals surface area contributed by atoms with Gasteiger partial charge in [0.05, 0.1) is 25.0 Å². The molecule has 1 aliphatic rings. The molecule has 0 radical (unpaired) electrons. The average molecular weight is 557 g/mol. The third-order valence-corrected chi connectivity index (χ3v) is 6.54. The predicted molar refractivity (Wildman–Crippen MR) is 131 cm³/mol. The van der Waals surface area contributed by atoms with E-state index in [1.54, 1.807) is 11.4 Å². The molecule has 2 rings (SSSR count). The molecule has 0 unspecified atom stereocenters. The van der Waals surface area contributed by atoms with Crippen LogP contribution in [0, 0.1) is 5.92 Å². The van der Waals surface area contributed by atoms with Gasteiger partial charge >= 0.3 is 0 Å². The number of piperazine rings is 1. The van der Waals surface area contributed by atoms with Crippen LogP contribution in [0.1, 0.15) is 33.5 Å². The van der Waals surface area contributed by atoms with Gasteiger partial charge in [0, 0.05) is 52.2 Å². The van der Waals surface area contributed by atoms with Crippen molar-refractivity contribution in [2.45, 2.75) is 46.9 Å². The van der Waals surface area contributed by atoms with Gasteiger partial charge in [0.15, 0.2) is 5.96 Å². The minimum Gasteiger partial charge on any atom is -0.378 e. The lowest BCUT2D eigenvalue weighted by Crippen LogP contribution is -2.54.